The zero-order valence-corrected chi connectivity index (χ0v) is 5.64. The van der Waals surface area contributed by atoms with Gasteiger partial charge >= 0.3 is 0 Å². The van der Waals surface area contributed by atoms with Crippen LogP contribution in [0.2, 0.25) is 0 Å². The van der Waals surface area contributed by atoms with Crippen LogP contribution in [0.15, 0.2) is 18.3 Å². The third-order valence-corrected chi connectivity index (χ3v) is 1.21. The lowest BCUT2D eigenvalue weighted by Crippen LogP contribution is -1.98. The summed E-state index contributed by atoms with van der Waals surface area (Å²) in [6.45, 7) is 0. The molecule has 0 amide bonds. The number of carbonyl (C=O) groups excluding carboxylic acids is 1. The second-order valence-electron chi connectivity index (χ2n) is 2.01. The van der Waals surface area contributed by atoms with Gasteiger partial charge in [0.05, 0.1) is 5.69 Å². The van der Waals surface area contributed by atoms with Crippen LogP contribution in [0.4, 0.5) is 0 Å². The Labute approximate surface area is 63.1 Å². The van der Waals surface area contributed by atoms with E-state index in [0.29, 0.717) is 11.8 Å². The standard InChI is InChI=1S/C7H7NO3/c9-4-5-1-2-6(7(10)11)8-3-5/h1-4,7,10-11H. The molecule has 0 bridgehead atoms. The Morgan fingerprint density at radius 3 is 2.55 bits per heavy atom. The molecule has 1 heterocycles. The quantitative estimate of drug-likeness (QED) is 0.459. The highest BCUT2D eigenvalue weighted by atomic mass is 16.5. The zero-order chi connectivity index (χ0) is 8.27. The monoisotopic (exact) mass is 153 g/mol. The van der Waals surface area contributed by atoms with E-state index >= 15 is 0 Å². The predicted molar refractivity (Wildman–Crippen MR) is 36.8 cm³/mol. The van der Waals surface area contributed by atoms with Crippen molar-refractivity contribution >= 4 is 6.29 Å². The number of aldehydes is 1. The van der Waals surface area contributed by atoms with Gasteiger partial charge in [-0.3, -0.25) is 9.78 Å². The molecule has 0 aliphatic heterocycles. The first kappa shape index (κ1) is 7.84. The average Bonchev–Trinajstić information content (AvgIpc) is 2.05. The van der Waals surface area contributed by atoms with Crippen LogP contribution in [0.3, 0.4) is 0 Å². The fourth-order valence-electron chi connectivity index (χ4n) is 0.639. The van der Waals surface area contributed by atoms with E-state index in [2.05, 4.69) is 4.98 Å². The van der Waals surface area contributed by atoms with Gasteiger partial charge in [0, 0.05) is 11.8 Å². The Kier molecular flexibility index (Phi) is 2.30. The van der Waals surface area contributed by atoms with Crippen molar-refractivity contribution in [2.75, 3.05) is 0 Å². The van der Waals surface area contributed by atoms with Gasteiger partial charge in [-0.2, -0.15) is 0 Å². The van der Waals surface area contributed by atoms with Crippen LogP contribution < -0.4 is 0 Å². The molecule has 0 saturated carbocycles. The van der Waals surface area contributed by atoms with Gasteiger partial charge in [0.15, 0.2) is 12.6 Å². The van der Waals surface area contributed by atoms with Crippen LogP contribution in [0.5, 0.6) is 0 Å². The minimum absolute atomic E-state index is 0.135. The first-order valence-corrected chi connectivity index (χ1v) is 3.01. The van der Waals surface area contributed by atoms with E-state index in [1.165, 1.54) is 18.3 Å². The molecule has 0 aliphatic carbocycles. The molecule has 1 rings (SSSR count). The fourth-order valence-corrected chi connectivity index (χ4v) is 0.639. The topological polar surface area (TPSA) is 70.4 Å². The van der Waals surface area contributed by atoms with E-state index in [1.807, 2.05) is 0 Å². The van der Waals surface area contributed by atoms with Crippen molar-refractivity contribution < 1.29 is 15.0 Å². The number of aliphatic hydroxyl groups is 2. The summed E-state index contributed by atoms with van der Waals surface area (Å²) in [7, 11) is 0. The SMILES string of the molecule is O=Cc1ccc(C(O)O)nc1. The van der Waals surface area contributed by atoms with Gasteiger partial charge in [-0.05, 0) is 12.1 Å². The second kappa shape index (κ2) is 3.23. The van der Waals surface area contributed by atoms with Crippen LogP contribution in [0, 0.1) is 0 Å². The summed E-state index contributed by atoms with van der Waals surface area (Å²) in [5, 5.41) is 17.2. The molecule has 4 nitrogen and oxygen atoms in total. The Balaban J connectivity index is 2.91. The first-order chi connectivity index (χ1) is 5.24. The van der Waals surface area contributed by atoms with Crippen molar-refractivity contribution in [1.29, 1.82) is 0 Å². The van der Waals surface area contributed by atoms with Gasteiger partial charge in [-0.25, -0.2) is 0 Å². The lowest BCUT2D eigenvalue weighted by Gasteiger charge is -2.00. The maximum absolute atomic E-state index is 10.1. The van der Waals surface area contributed by atoms with E-state index in [1.54, 1.807) is 0 Å². The summed E-state index contributed by atoms with van der Waals surface area (Å²) in [5.74, 6) is 0. The van der Waals surface area contributed by atoms with Gasteiger partial charge in [-0.1, -0.05) is 0 Å². The molecule has 0 aliphatic rings. The van der Waals surface area contributed by atoms with Gasteiger partial charge in [-0.15, -0.1) is 0 Å². The Morgan fingerprint density at radius 1 is 1.45 bits per heavy atom. The summed E-state index contributed by atoms with van der Waals surface area (Å²) >= 11 is 0. The molecule has 0 aromatic carbocycles. The molecule has 0 saturated heterocycles. The van der Waals surface area contributed by atoms with E-state index in [4.69, 9.17) is 10.2 Å². The second-order valence-corrected chi connectivity index (χ2v) is 2.01. The van der Waals surface area contributed by atoms with E-state index in [9.17, 15) is 4.79 Å². The molecule has 1 aromatic heterocycles. The number of hydrogen-bond acceptors (Lipinski definition) is 4. The minimum Gasteiger partial charge on any atom is -0.363 e. The molecule has 0 unspecified atom stereocenters. The van der Waals surface area contributed by atoms with Crippen molar-refractivity contribution in [1.82, 2.24) is 4.98 Å². The third kappa shape index (κ3) is 1.83. The highest BCUT2D eigenvalue weighted by molar-refractivity contribution is 5.73. The van der Waals surface area contributed by atoms with Crippen LogP contribution >= 0.6 is 0 Å². The van der Waals surface area contributed by atoms with Crippen molar-refractivity contribution in [2.45, 2.75) is 6.29 Å². The smallest absolute Gasteiger partial charge is 0.196 e. The molecule has 0 spiro atoms. The third-order valence-electron chi connectivity index (χ3n) is 1.21. The number of aromatic nitrogens is 1. The van der Waals surface area contributed by atoms with Crippen molar-refractivity contribution in [2.24, 2.45) is 0 Å². The first-order valence-electron chi connectivity index (χ1n) is 3.01. The summed E-state index contributed by atoms with van der Waals surface area (Å²) < 4.78 is 0. The zero-order valence-electron chi connectivity index (χ0n) is 5.64. The number of aliphatic hydroxyl groups excluding tert-OH is 1. The number of hydrogen-bond donors (Lipinski definition) is 2. The number of pyridine rings is 1. The van der Waals surface area contributed by atoms with E-state index in [-0.39, 0.29) is 5.69 Å². The maximum Gasteiger partial charge on any atom is 0.196 e. The Bertz CT molecular complexity index is 242. The lowest BCUT2D eigenvalue weighted by atomic mass is 10.2. The summed E-state index contributed by atoms with van der Waals surface area (Å²) in [4.78, 5) is 13.7. The molecule has 0 atom stereocenters. The van der Waals surface area contributed by atoms with Gasteiger partial charge in [0.2, 0.25) is 0 Å². The summed E-state index contributed by atoms with van der Waals surface area (Å²) in [5.41, 5.74) is 0.546. The molecule has 2 N–H and O–H groups in total. The molecule has 1 aromatic rings. The molecule has 58 valence electrons. The molecule has 0 fully saturated rings. The highest BCUT2D eigenvalue weighted by Crippen LogP contribution is 2.05. The van der Waals surface area contributed by atoms with Gasteiger partial charge < -0.3 is 10.2 Å². The van der Waals surface area contributed by atoms with Crippen LogP contribution in [-0.2, 0) is 0 Å². The normalized spacial score (nSPS) is 10.1. The number of nitrogens with zero attached hydrogens (tertiary/aromatic N) is 1. The number of carbonyl (C=O) groups is 1. The van der Waals surface area contributed by atoms with E-state index < -0.39 is 6.29 Å². The Morgan fingerprint density at radius 2 is 2.18 bits per heavy atom. The number of rotatable bonds is 2. The Hall–Kier alpha value is -1.26. The predicted octanol–water partition coefficient (Wildman–Crippen LogP) is -0.123. The fraction of sp³-hybridized carbons (Fsp3) is 0.143. The summed E-state index contributed by atoms with van der Waals surface area (Å²) in [6, 6.07) is 2.85. The van der Waals surface area contributed by atoms with Gasteiger partial charge in [0.25, 0.3) is 0 Å². The van der Waals surface area contributed by atoms with Crippen molar-refractivity contribution in [3.05, 3.63) is 29.6 Å². The molecule has 4 heteroatoms. The van der Waals surface area contributed by atoms with Crippen LogP contribution in [0.25, 0.3) is 0 Å². The molecule has 11 heavy (non-hydrogen) atoms. The maximum atomic E-state index is 10.1. The highest BCUT2D eigenvalue weighted by Gasteiger charge is 2.02. The van der Waals surface area contributed by atoms with Crippen molar-refractivity contribution in [3.8, 4) is 0 Å². The van der Waals surface area contributed by atoms with Crippen molar-refractivity contribution in [3.63, 3.8) is 0 Å². The largest absolute Gasteiger partial charge is 0.363 e. The summed E-state index contributed by atoms with van der Waals surface area (Å²) in [6.07, 6.45) is 0.346. The molecular weight excluding hydrogens is 146 g/mol. The molecule has 0 radical (unpaired) electrons. The minimum atomic E-state index is -1.57. The molecular formula is C7H7NO3. The van der Waals surface area contributed by atoms with Gasteiger partial charge in [0.1, 0.15) is 0 Å². The van der Waals surface area contributed by atoms with Crippen LogP contribution in [-0.4, -0.2) is 21.5 Å². The van der Waals surface area contributed by atoms with Crippen LogP contribution in [0.1, 0.15) is 22.3 Å². The van der Waals surface area contributed by atoms with E-state index in [0.717, 1.165) is 0 Å². The lowest BCUT2D eigenvalue weighted by molar-refractivity contribution is -0.0458. The average molecular weight is 153 g/mol.